The number of hydrogen-bond donors (Lipinski definition) is 3. The number of nitrogens with one attached hydrogen (secondary N) is 2. The number of nitrogens with zero attached hydrogens (tertiary/aromatic N) is 1. The molecule has 5 atom stereocenters. The first-order valence-corrected chi connectivity index (χ1v) is 22.0. The Bertz CT molecular complexity index is 2140. The molecule has 2 saturated heterocycles. The average Bonchev–Trinajstić information content (AvgIpc) is 3.24. The summed E-state index contributed by atoms with van der Waals surface area (Å²) in [4.78, 5) is 16.4. The second-order valence-corrected chi connectivity index (χ2v) is 17.3. The molecule has 0 aromatic heterocycles. The molecule has 2 heterocycles. The summed E-state index contributed by atoms with van der Waals surface area (Å²) >= 11 is 0. The highest BCUT2D eigenvalue weighted by Crippen LogP contribution is 2.47. The zero-order valence-corrected chi connectivity index (χ0v) is 34.0. The van der Waals surface area contributed by atoms with E-state index in [1.165, 1.54) is 32.1 Å². The standard InChI is InChI=1S/C48H55N3O6S/c1-35-17-27-42(28-18-35)58(54,55)50-43(31-36-13-7-5-8-14-36)47(53)49-32-37-19-25-41(26-20-37)48-56-44(33-51-29-11-3-2-4-12-30-51)45(39-15-9-6-10-16-39)46(57-48)40-23-21-38(34-52)22-24-40/h5-10,13-28,43-46,48,50,52H,2-4,11-12,29-34H2,1H3,(H,49,53). The van der Waals surface area contributed by atoms with Crippen molar-refractivity contribution >= 4 is 15.9 Å². The number of likely N-dealkylation sites (tertiary alicyclic amines) is 1. The Morgan fingerprint density at radius 1 is 0.707 bits per heavy atom. The Morgan fingerprint density at radius 3 is 1.97 bits per heavy atom. The molecule has 58 heavy (non-hydrogen) atoms. The van der Waals surface area contributed by atoms with Crippen molar-refractivity contribution in [2.24, 2.45) is 0 Å². The van der Waals surface area contributed by atoms with Crippen LogP contribution in [0.15, 0.2) is 138 Å². The van der Waals surface area contributed by atoms with Crippen LogP contribution < -0.4 is 10.0 Å². The van der Waals surface area contributed by atoms with E-state index in [1.807, 2.05) is 79.7 Å². The summed E-state index contributed by atoms with van der Waals surface area (Å²) in [5.41, 5.74) is 6.53. The van der Waals surface area contributed by atoms with E-state index in [0.29, 0.717) is 0 Å². The molecule has 5 unspecified atom stereocenters. The first-order valence-electron chi connectivity index (χ1n) is 20.5. The van der Waals surface area contributed by atoms with Gasteiger partial charge < -0.3 is 24.8 Å². The van der Waals surface area contributed by atoms with Gasteiger partial charge in [-0.15, -0.1) is 0 Å². The molecular formula is C48H55N3O6S. The lowest BCUT2D eigenvalue weighted by Crippen LogP contribution is -2.47. The Balaban J connectivity index is 1.10. The van der Waals surface area contributed by atoms with Crippen molar-refractivity contribution in [3.8, 4) is 0 Å². The summed E-state index contributed by atoms with van der Waals surface area (Å²) in [6.45, 7) is 4.94. The predicted octanol–water partition coefficient (Wildman–Crippen LogP) is 7.90. The summed E-state index contributed by atoms with van der Waals surface area (Å²) in [5.74, 6) is -0.485. The third-order valence-corrected chi connectivity index (χ3v) is 12.8. The van der Waals surface area contributed by atoms with Gasteiger partial charge in [-0.2, -0.15) is 4.72 Å². The molecule has 10 heteroatoms. The molecule has 5 aromatic carbocycles. The van der Waals surface area contributed by atoms with Gasteiger partial charge in [-0.05, 0) is 79.2 Å². The number of sulfonamides is 1. The van der Waals surface area contributed by atoms with Gasteiger partial charge in [0.1, 0.15) is 6.04 Å². The van der Waals surface area contributed by atoms with Crippen LogP contribution in [-0.2, 0) is 43.9 Å². The van der Waals surface area contributed by atoms with Crippen molar-refractivity contribution in [2.75, 3.05) is 19.6 Å². The molecule has 0 spiro atoms. The van der Waals surface area contributed by atoms with Gasteiger partial charge >= 0.3 is 0 Å². The van der Waals surface area contributed by atoms with Gasteiger partial charge in [0.2, 0.25) is 15.9 Å². The van der Waals surface area contributed by atoms with Crippen LogP contribution >= 0.6 is 0 Å². The minimum absolute atomic E-state index is 0.0270. The van der Waals surface area contributed by atoms with E-state index >= 15 is 0 Å². The van der Waals surface area contributed by atoms with Gasteiger partial charge in [0.05, 0.1) is 23.7 Å². The van der Waals surface area contributed by atoms with Gasteiger partial charge in [0, 0.05) is 24.6 Å². The van der Waals surface area contributed by atoms with Crippen LogP contribution in [0, 0.1) is 6.92 Å². The molecule has 304 valence electrons. The highest BCUT2D eigenvalue weighted by atomic mass is 32.2. The first kappa shape index (κ1) is 41.5. The molecule has 5 aromatic rings. The van der Waals surface area contributed by atoms with Crippen LogP contribution in [-0.4, -0.2) is 56.1 Å². The number of carbonyl (C=O) groups is 1. The van der Waals surface area contributed by atoms with E-state index in [9.17, 15) is 18.3 Å². The fourth-order valence-electron chi connectivity index (χ4n) is 8.03. The van der Waals surface area contributed by atoms with E-state index in [4.69, 9.17) is 9.47 Å². The van der Waals surface area contributed by atoms with Crippen LogP contribution in [0.2, 0.25) is 0 Å². The summed E-state index contributed by atoms with van der Waals surface area (Å²) in [6, 6.07) is 41.3. The van der Waals surface area contributed by atoms with Crippen LogP contribution in [0.4, 0.5) is 0 Å². The minimum Gasteiger partial charge on any atom is -0.392 e. The topological polar surface area (TPSA) is 117 Å². The maximum Gasteiger partial charge on any atom is 0.241 e. The molecule has 0 aliphatic carbocycles. The van der Waals surface area contributed by atoms with Gasteiger partial charge in [0.15, 0.2) is 6.29 Å². The second kappa shape index (κ2) is 19.8. The zero-order valence-electron chi connectivity index (χ0n) is 33.2. The fraction of sp³-hybridized carbons (Fsp3) is 0.354. The van der Waals surface area contributed by atoms with Gasteiger partial charge in [-0.1, -0.05) is 146 Å². The smallest absolute Gasteiger partial charge is 0.241 e. The van der Waals surface area contributed by atoms with Crippen molar-refractivity contribution in [1.82, 2.24) is 14.9 Å². The van der Waals surface area contributed by atoms with Crippen molar-refractivity contribution in [1.29, 1.82) is 0 Å². The number of aliphatic hydroxyl groups excluding tert-OH is 1. The summed E-state index contributed by atoms with van der Waals surface area (Å²) in [7, 11) is -3.96. The predicted molar refractivity (Wildman–Crippen MR) is 226 cm³/mol. The highest BCUT2D eigenvalue weighted by molar-refractivity contribution is 7.89. The Morgan fingerprint density at radius 2 is 1.31 bits per heavy atom. The molecular weight excluding hydrogens is 747 g/mol. The number of hydrogen-bond acceptors (Lipinski definition) is 7. The largest absolute Gasteiger partial charge is 0.392 e. The van der Waals surface area contributed by atoms with Gasteiger partial charge in [0.25, 0.3) is 0 Å². The normalized spacial score (nSPS) is 21.1. The van der Waals surface area contributed by atoms with E-state index in [1.54, 1.807) is 24.3 Å². The van der Waals surface area contributed by atoms with Crippen LogP contribution in [0.5, 0.6) is 0 Å². The van der Waals surface area contributed by atoms with Crippen molar-refractivity contribution < 1.29 is 27.8 Å². The monoisotopic (exact) mass is 801 g/mol. The fourth-order valence-corrected chi connectivity index (χ4v) is 9.23. The van der Waals surface area contributed by atoms with E-state index < -0.39 is 28.3 Å². The number of aliphatic hydroxyl groups is 1. The molecule has 2 aliphatic rings. The van der Waals surface area contributed by atoms with E-state index in [0.717, 1.165) is 58.6 Å². The molecule has 0 radical (unpaired) electrons. The quantitative estimate of drug-likeness (QED) is 0.105. The van der Waals surface area contributed by atoms with Gasteiger partial charge in [-0.3, -0.25) is 4.79 Å². The number of benzene rings is 5. The molecule has 1 amide bonds. The van der Waals surface area contributed by atoms with Crippen molar-refractivity contribution in [3.05, 3.63) is 172 Å². The van der Waals surface area contributed by atoms with Crippen LogP contribution in [0.25, 0.3) is 0 Å². The lowest BCUT2D eigenvalue weighted by Gasteiger charge is -2.44. The molecule has 2 aliphatic heterocycles. The Labute approximate surface area is 343 Å². The molecule has 3 N–H and O–H groups in total. The number of aryl methyl sites for hydroxylation is 1. The lowest BCUT2D eigenvalue weighted by molar-refractivity contribution is -0.263. The Hall–Kier alpha value is -4.68. The van der Waals surface area contributed by atoms with Crippen LogP contribution in [0.1, 0.15) is 89.4 Å². The SMILES string of the molecule is Cc1ccc(S(=O)(=O)NC(Cc2ccccc2)C(=O)NCc2ccc(C3OC(CN4CCCCCCC4)C(c4ccccc4)C(c4ccc(CO)cc4)O3)cc2)cc1. The van der Waals surface area contributed by atoms with Gasteiger partial charge in [-0.25, -0.2) is 8.42 Å². The van der Waals surface area contributed by atoms with Crippen LogP contribution in [0.3, 0.4) is 0 Å². The summed E-state index contributed by atoms with van der Waals surface area (Å²) < 4.78 is 43.4. The summed E-state index contributed by atoms with van der Waals surface area (Å²) in [6.07, 6.45) is 5.24. The van der Waals surface area contributed by atoms with Crippen molar-refractivity contribution in [2.45, 2.75) is 94.0 Å². The van der Waals surface area contributed by atoms with E-state index in [-0.39, 0.29) is 42.6 Å². The lowest BCUT2D eigenvalue weighted by atomic mass is 9.83. The molecule has 0 saturated carbocycles. The molecule has 0 bridgehead atoms. The molecule has 7 rings (SSSR count). The molecule has 9 nitrogen and oxygen atoms in total. The minimum atomic E-state index is -3.96. The van der Waals surface area contributed by atoms with E-state index in [2.05, 4.69) is 51.3 Å². The third kappa shape index (κ3) is 10.9. The maximum absolute atomic E-state index is 13.7. The molecule has 2 fully saturated rings. The number of amides is 1. The average molecular weight is 802 g/mol. The second-order valence-electron chi connectivity index (χ2n) is 15.6. The number of ether oxygens (including phenoxy) is 2. The first-order chi connectivity index (χ1) is 28.3. The summed E-state index contributed by atoms with van der Waals surface area (Å²) in [5, 5.41) is 12.8. The van der Waals surface area contributed by atoms with Crippen molar-refractivity contribution in [3.63, 3.8) is 0 Å². The maximum atomic E-state index is 13.7. The Kier molecular flexibility index (Phi) is 14.2. The number of carbonyl (C=O) groups excluding carboxylic acids is 1. The number of rotatable bonds is 14. The highest BCUT2D eigenvalue weighted by Gasteiger charge is 2.42. The third-order valence-electron chi connectivity index (χ3n) is 11.3. The zero-order chi connectivity index (χ0) is 40.3.